The summed E-state index contributed by atoms with van der Waals surface area (Å²) in [7, 11) is 0. The summed E-state index contributed by atoms with van der Waals surface area (Å²) in [6.45, 7) is 0. The molecule has 74 valence electrons. The third kappa shape index (κ3) is 1.80. The van der Waals surface area contributed by atoms with Crippen LogP contribution < -0.4 is 0 Å². The van der Waals surface area contributed by atoms with Gasteiger partial charge in [0.05, 0.1) is 16.6 Å². The second-order valence-corrected chi connectivity index (χ2v) is 2.75. The predicted molar refractivity (Wildman–Crippen MR) is 45.0 cm³/mol. The summed E-state index contributed by atoms with van der Waals surface area (Å²) in [5.41, 5.74) is -1.35. The SMILES string of the molecule is O=C(O)c1cc(Cl)c([N+](=O)[O-])cc1F. The first-order valence-corrected chi connectivity index (χ1v) is 3.68. The average molecular weight is 220 g/mol. The largest absolute Gasteiger partial charge is 0.478 e. The Labute approximate surface area is 81.9 Å². The Morgan fingerprint density at radius 2 is 2.14 bits per heavy atom. The zero-order valence-corrected chi connectivity index (χ0v) is 7.29. The van der Waals surface area contributed by atoms with E-state index in [1.165, 1.54) is 0 Å². The zero-order chi connectivity index (χ0) is 10.9. The molecule has 14 heavy (non-hydrogen) atoms. The molecule has 0 heterocycles. The average Bonchev–Trinajstić information content (AvgIpc) is 2.07. The van der Waals surface area contributed by atoms with E-state index in [1.54, 1.807) is 0 Å². The van der Waals surface area contributed by atoms with Gasteiger partial charge in [0, 0.05) is 0 Å². The summed E-state index contributed by atoms with van der Waals surface area (Å²) in [6.07, 6.45) is 0. The van der Waals surface area contributed by atoms with Gasteiger partial charge in [0.15, 0.2) is 0 Å². The lowest BCUT2D eigenvalue weighted by Gasteiger charge is -1.99. The van der Waals surface area contributed by atoms with Crippen LogP contribution in [0.5, 0.6) is 0 Å². The van der Waals surface area contributed by atoms with Crippen molar-refractivity contribution in [2.45, 2.75) is 0 Å². The molecule has 0 saturated heterocycles. The van der Waals surface area contributed by atoms with Crippen LogP contribution in [0.15, 0.2) is 12.1 Å². The monoisotopic (exact) mass is 219 g/mol. The molecule has 0 fully saturated rings. The molecule has 0 amide bonds. The van der Waals surface area contributed by atoms with E-state index >= 15 is 0 Å². The molecule has 7 heteroatoms. The van der Waals surface area contributed by atoms with E-state index in [1.807, 2.05) is 0 Å². The van der Waals surface area contributed by atoms with Crippen LogP contribution in [0.2, 0.25) is 5.02 Å². The molecule has 0 aliphatic rings. The minimum absolute atomic E-state index is 0.409. The number of hydrogen-bond donors (Lipinski definition) is 1. The van der Waals surface area contributed by atoms with Gasteiger partial charge in [-0.15, -0.1) is 0 Å². The van der Waals surface area contributed by atoms with E-state index in [9.17, 15) is 19.3 Å². The second kappa shape index (κ2) is 3.59. The minimum Gasteiger partial charge on any atom is -0.478 e. The fourth-order valence-electron chi connectivity index (χ4n) is 0.840. The standard InChI is InChI=1S/C7H3ClFNO4/c8-4-1-3(7(11)12)5(9)2-6(4)10(13)14/h1-2H,(H,11,12). The third-order valence-electron chi connectivity index (χ3n) is 1.46. The number of nitro groups is 1. The second-order valence-electron chi connectivity index (χ2n) is 2.35. The first kappa shape index (κ1) is 10.4. The molecular formula is C7H3ClFNO4. The molecule has 0 atom stereocenters. The third-order valence-corrected chi connectivity index (χ3v) is 1.77. The van der Waals surface area contributed by atoms with Gasteiger partial charge >= 0.3 is 5.97 Å². The minimum atomic E-state index is -1.53. The first-order chi connectivity index (χ1) is 6.43. The molecule has 1 aromatic rings. The Hall–Kier alpha value is -1.69. The lowest BCUT2D eigenvalue weighted by atomic mass is 10.2. The molecule has 0 aromatic heterocycles. The van der Waals surface area contributed by atoms with Crippen molar-refractivity contribution in [1.29, 1.82) is 0 Å². The summed E-state index contributed by atoms with van der Waals surface area (Å²) in [5, 5.41) is 18.3. The van der Waals surface area contributed by atoms with Crippen LogP contribution in [0.3, 0.4) is 0 Å². The van der Waals surface area contributed by atoms with Gasteiger partial charge in [0.25, 0.3) is 5.69 Å². The van der Waals surface area contributed by atoms with Gasteiger partial charge in [0.1, 0.15) is 10.8 Å². The Balaban J connectivity index is 3.38. The normalized spacial score (nSPS) is 9.86. The van der Waals surface area contributed by atoms with E-state index in [-0.39, 0.29) is 0 Å². The Kier molecular flexibility index (Phi) is 2.66. The molecule has 0 unspecified atom stereocenters. The predicted octanol–water partition coefficient (Wildman–Crippen LogP) is 2.09. The number of carboxylic acids is 1. The highest BCUT2D eigenvalue weighted by Gasteiger charge is 2.20. The molecule has 1 aromatic carbocycles. The molecule has 0 spiro atoms. The molecule has 0 bridgehead atoms. The van der Waals surface area contributed by atoms with Crippen molar-refractivity contribution in [1.82, 2.24) is 0 Å². The van der Waals surface area contributed by atoms with E-state index in [0.717, 1.165) is 0 Å². The smallest absolute Gasteiger partial charge is 0.338 e. The van der Waals surface area contributed by atoms with Crippen molar-refractivity contribution in [3.05, 3.63) is 38.7 Å². The highest BCUT2D eigenvalue weighted by atomic mass is 35.5. The first-order valence-electron chi connectivity index (χ1n) is 3.30. The maximum Gasteiger partial charge on any atom is 0.338 e. The number of carbonyl (C=O) groups is 1. The van der Waals surface area contributed by atoms with Gasteiger partial charge in [-0.1, -0.05) is 11.6 Å². The molecule has 1 rings (SSSR count). The molecule has 0 saturated carbocycles. The fourth-order valence-corrected chi connectivity index (χ4v) is 1.07. The van der Waals surface area contributed by atoms with E-state index < -0.39 is 33.0 Å². The highest BCUT2D eigenvalue weighted by molar-refractivity contribution is 6.33. The number of benzene rings is 1. The summed E-state index contributed by atoms with van der Waals surface area (Å²) in [5.74, 6) is -2.71. The number of carboxylic acid groups (broad SMARTS) is 1. The quantitative estimate of drug-likeness (QED) is 0.610. The van der Waals surface area contributed by atoms with Crippen LogP contribution in [-0.2, 0) is 0 Å². The van der Waals surface area contributed by atoms with Gasteiger partial charge < -0.3 is 5.11 Å². The van der Waals surface area contributed by atoms with Crippen LogP contribution in [0.4, 0.5) is 10.1 Å². The van der Waals surface area contributed by atoms with Crippen molar-refractivity contribution in [2.24, 2.45) is 0 Å². The molecule has 0 aliphatic heterocycles. The summed E-state index contributed by atoms with van der Waals surface area (Å²) in [6, 6.07) is 1.18. The Morgan fingerprint density at radius 3 is 2.57 bits per heavy atom. The van der Waals surface area contributed by atoms with Crippen molar-refractivity contribution < 1.29 is 19.2 Å². The van der Waals surface area contributed by atoms with Gasteiger partial charge in [0.2, 0.25) is 0 Å². The number of nitrogens with zero attached hydrogens (tertiary/aromatic N) is 1. The summed E-state index contributed by atoms with van der Waals surface area (Å²) < 4.78 is 12.9. The molecule has 0 aliphatic carbocycles. The van der Waals surface area contributed by atoms with Crippen LogP contribution >= 0.6 is 11.6 Å². The number of hydrogen-bond acceptors (Lipinski definition) is 3. The van der Waals surface area contributed by atoms with E-state index in [4.69, 9.17) is 16.7 Å². The Bertz CT molecular complexity index is 381. The van der Waals surface area contributed by atoms with E-state index in [2.05, 4.69) is 0 Å². The van der Waals surface area contributed by atoms with Crippen molar-refractivity contribution in [3.63, 3.8) is 0 Å². The number of rotatable bonds is 2. The summed E-state index contributed by atoms with van der Waals surface area (Å²) in [4.78, 5) is 19.8. The maximum absolute atomic E-state index is 12.9. The van der Waals surface area contributed by atoms with Crippen LogP contribution in [0, 0.1) is 15.9 Å². The molecule has 5 nitrogen and oxygen atoms in total. The van der Waals surface area contributed by atoms with Crippen molar-refractivity contribution in [2.75, 3.05) is 0 Å². The number of halogens is 2. The molecular weight excluding hydrogens is 217 g/mol. The lowest BCUT2D eigenvalue weighted by molar-refractivity contribution is -0.384. The van der Waals surface area contributed by atoms with Gasteiger partial charge in [-0.05, 0) is 6.07 Å². The van der Waals surface area contributed by atoms with Gasteiger partial charge in [-0.25, -0.2) is 9.18 Å². The van der Waals surface area contributed by atoms with Crippen molar-refractivity contribution >= 4 is 23.3 Å². The van der Waals surface area contributed by atoms with Crippen LogP contribution in [-0.4, -0.2) is 16.0 Å². The van der Waals surface area contributed by atoms with E-state index in [0.29, 0.717) is 12.1 Å². The van der Waals surface area contributed by atoms with Gasteiger partial charge in [-0.2, -0.15) is 0 Å². The highest BCUT2D eigenvalue weighted by Crippen LogP contribution is 2.27. The zero-order valence-electron chi connectivity index (χ0n) is 6.53. The molecule has 0 radical (unpaired) electrons. The summed E-state index contributed by atoms with van der Waals surface area (Å²) >= 11 is 5.37. The number of aromatic carboxylic acids is 1. The Morgan fingerprint density at radius 1 is 1.57 bits per heavy atom. The van der Waals surface area contributed by atoms with Crippen molar-refractivity contribution in [3.8, 4) is 0 Å². The van der Waals surface area contributed by atoms with Crippen LogP contribution in [0.25, 0.3) is 0 Å². The lowest BCUT2D eigenvalue weighted by Crippen LogP contribution is -2.02. The van der Waals surface area contributed by atoms with Crippen LogP contribution in [0.1, 0.15) is 10.4 Å². The topological polar surface area (TPSA) is 80.4 Å². The maximum atomic E-state index is 12.9. The fraction of sp³-hybridized carbons (Fsp3) is 0. The number of nitro benzene ring substituents is 1. The molecule has 1 N–H and O–H groups in total. The van der Waals surface area contributed by atoms with Gasteiger partial charge in [-0.3, -0.25) is 10.1 Å².